The lowest BCUT2D eigenvalue weighted by Crippen LogP contribution is -2.57. The summed E-state index contributed by atoms with van der Waals surface area (Å²) >= 11 is 3.41. The molecule has 2 amide bonds. The Morgan fingerprint density at radius 1 is 1.16 bits per heavy atom. The number of carbonyl (C=O) groups is 3. The van der Waals surface area contributed by atoms with Crippen molar-refractivity contribution in [1.82, 2.24) is 10.2 Å². The number of benzene rings is 1. The van der Waals surface area contributed by atoms with Crippen molar-refractivity contribution < 1.29 is 23.9 Å². The highest BCUT2D eigenvalue weighted by molar-refractivity contribution is 9.10. The Morgan fingerprint density at radius 3 is 2.52 bits per heavy atom. The van der Waals surface area contributed by atoms with Gasteiger partial charge in [0.1, 0.15) is 11.8 Å². The van der Waals surface area contributed by atoms with Gasteiger partial charge in [-0.25, -0.2) is 0 Å². The Morgan fingerprint density at radius 2 is 1.84 bits per heavy atom. The van der Waals surface area contributed by atoms with E-state index in [1.807, 2.05) is 19.9 Å². The van der Waals surface area contributed by atoms with E-state index in [2.05, 4.69) is 35.1 Å². The number of nitrogens with one attached hydrogen (secondary N) is 1. The smallest absolute Gasteiger partial charge is 0.308 e. The Balaban J connectivity index is 2.16. The number of carbonyl (C=O) groups excluding carboxylic acids is 3. The third kappa shape index (κ3) is 7.83. The van der Waals surface area contributed by atoms with Gasteiger partial charge in [-0.05, 0) is 42.9 Å². The molecule has 1 aromatic carbocycles. The van der Waals surface area contributed by atoms with Crippen molar-refractivity contribution in [3.05, 3.63) is 28.2 Å². The maximum Gasteiger partial charge on any atom is 0.308 e. The molecule has 8 heteroatoms. The molecule has 1 aliphatic rings. The van der Waals surface area contributed by atoms with Gasteiger partial charge in [0.15, 0.2) is 0 Å². The van der Waals surface area contributed by atoms with Gasteiger partial charge < -0.3 is 19.7 Å². The van der Waals surface area contributed by atoms with E-state index < -0.39 is 12.0 Å². The van der Waals surface area contributed by atoms with Crippen LogP contribution in [0.1, 0.15) is 57.3 Å². The summed E-state index contributed by atoms with van der Waals surface area (Å²) in [6.45, 7) is 9.74. The third-order valence-electron chi connectivity index (χ3n) is 5.03. The van der Waals surface area contributed by atoms with Crippen LogP contribution >= 0.6 is 15.9 Å². The largest absolute Gasteiger partial charge is 0.493 e. The number of esters is 1. The molecular weight excluding hydrogens is 464 g/mol. The second kappa shape index (κ2) is 12.1. The van der Waals surface area contributed by atoms with Gasteiger partial charge in [-0.15, -0.1) is 0 Å². The number of hydrogen-bond donors (Lipinski definition) is 1. The monoisotopic (exact) mass is 496 g/mol. The van der Waals surface area contributed by atoms with Crippen molar-refractivity contribution in [2.24, 2.45) is 11.8 Å². The van der Waals surface area contributed by atoms with E-state index in [1.54, 1.807) is 12.1 Å². The molecule has 1 aromatic rings. The van der Waals surface area contributed by atoms with Crippen LogP contribution < -0.4 is 10.1 Å². The molecule has 0 radical (unpaired) electrons. The van der Waals surface area contributed by atoms with Gasteiger partial charge >= 0.3 is 5.97 Å². The van der Waals surface area contributed by atoms with Gasteiger partial charge in [0.05, 0.1) is 25.2 Å². The summed E-state index contributed by atoms with van der Waals surface area (Å²) in [5.41, 5.74) is 0.367. The molecule has 0 aromatic heterocycles. The second-order valence-electron chi connectivity index (χ2n) is 8.58. The topological polar surface area (TPSA) is 84.9 Å². The predicted octanol–water partition coefficient (Wildman–Crippen LogP) is 3.79. The molecule has 0 spiro atoms. The molecule has 1 aliphatic heterocycles. The Hall–Kier alpha value is -2.09. The second-order valence-corrected chi connectivity index (χ2v) is 9.50. The summed E-state index contributed by atoms with van der Waals surface area (Å²) in [5, 5.41) is 2.74. The van der Waals surface area contributed by atoms with Crippen molar-refractivity contribution >= 4 is 33.7 Å². The Bertz CT molecular complexity index is 781. The van der Waals surface area contributed by atoms with Crippen molar-refractivity contribution in [3.63, 3.8) is 0 Å². The first-order valence-electron chi connectivity index (χ1n) is 10.9. The molecule has 0 aliphatic carbocycles. The standard InChI is InChI=1S/C23H33BrN2O5/c1-15(2)7-11-30-20-6-5-17(24)13-18(20)23(29)26-10-9-25-22(28)19(26)14-21(27)31-12-8-16(3)4/h5-6,13,15-16,19H,7-12,14H2,1-4H3,(H,25,28). The zero-order chi connectivity index (χ0) is 23.0. The normalized spacial score (nSPS) is 16.4. The number of ether oxygens (including phenoxy) is 2. The molecule has 0 bridgehead atoms. The number of halogens is 1. The van der Waals surface area contributed by atoms with Crippen LogP contribution in [0.2, 0.25) is 0 Å². The van der Waals surface area contributed by atoms with Crippen molar-refractivity contribution in [2.75, 3.05) is 26.3 Å². The molecule has 1 N–H and O–H groups in total. The van der Waals surface area contributed by atoms with E-state index in [9.17, 15) is 14.4 Å². The molecule has 2 rings (SSSR count). The van der Waals surface area contributed by atoms with Crippen LogP contribution in [0.25, 0.3) is 0 Å². The lowest BCUT2D eigenvalue weighted by Gasteiger charge is -2.35. The highest BCUT2D eigenvalue weighted by atomic mass is 79.9. The third-order valence-corrected chi connectivity index (χ3v) is 5.53. The van der Waals surface area contributed by atoms with Crippen LogP contribution in [0.15, 0.2) is 22.7 Å². The number of hydrogen-bond acceptors (Lipinski definition) is 5. The van der Waals surface area contributed by atoms with Gasteiger partial charge in [0.2, 0.25) is 5.91 Å². The molecule has 31 heavy (non-hydrogen) atoms. The number of amides is 2. The molecular formula is C23H33BrN2O5. The molecule has 1 unspecified atom stereocenters. The molecule has 7 nitrogen and oxygen atoms in total. The van der Waals surface area contributed by atoms with E-state index in [4.69, 9.17) is 9.47 Å². The average molecular weight is 497 g/mol. The Kier molecular flexibility index (Phi) is 9.81. The van der Waals surface area contributed by atoms with Gasteiger partial charge in [0, 0.05) is 17.6 Å². The summed E-state index contributed by atoms with van der Waals surface area (Å²) in [4.78, 5) is 39.6. The predicted molar refractivity (Wildman–Crippen MR) is 122 cm³/mol. The first-order valence-corrected chi connectivity index (χ1v) is 11.6. The molecule has 1 fully saturated rings. The summed E-state index contributed by atoms with van der Waals surface area (Å²) in [6.07, 6.45) is 1.44. The first-order chi connectivity index (χ1) is 14.7. The van der Waals surface area contributed by atoms with Gasteiger partial charge in [0.25, 0.3) is 5.91 Å². The first kappa shape index (κ1) is 25.2. The van der Waals surface area contributed by atoms with Crippen molar-refractivity contribution in [2.45, 2.75) is 53.0 Å². The van der Waals surface area contributed by atoms with Crippen LogP contribution in [0.5, 0.6) is 5.75 Å². The maximum atomic E-state index is 13.4. The zero-order valence-electron chi connectivity index (χ0n) is 18.8. The average Bonchev–Trinajstić information content (AvgIpc) is 2.69. The highest BCUT2D eigenvalue weighted by Crippen LogP contribution is 2.27. The number of rotatable bonds is 10. The maximum absolute atomic E-state index is 13.4. The minimum absolute atomic E-state index is 0.173. The minimum Gasteiger partial charge on any atom is -0.493 e. The van der Waals surface area contributed by atoms with E-state index >= 15 is 0 Å². The highest BCUT2D eigenvalue weighted by Gasteiger charge is 2.36. The number of nitrogens with zero attached hydrogens (tertiary/aromatic N) is 1. The van der Waals surface area contributed by atoms with Crippen molar-refractivity contribution in [1.29, 1.82) is 0 Å². The lowest BCUT2D eigenvalue weighted by molar-refractivity contribution is -0.148. The van der Waals surface area contributed by atoms with Crippen LogP contribution in [-0.2, 0) is 14.3 Å². The molecule has 0 saturated carbocycles. The van der Waals surface area contributed by atoms with Gasteiger partial charge in [-0.3, -0.25) is 14.4 Å². The van der Waals surface area contributed by atoms with E-state index in [1.165, 1.54) is 4.90 Å². The summed E-state index contributed by atoms with van der Waals surface area (Å²) in [7, 11) is 0. The molecule has 1 saturated heterocycles. The summed E-state index contributed by atoms with van der Waals surface area (Å²) < 4.78 is 11.9. The fourth-order valence-corrected chi connectivity index (χ4v) is 3.50. The lowest BCUT2D eigenvalue weighted by atomic mass is 10.1. The van der Waals surface area contributed by atoms with Gasteiger partial charge in [-0.2, -0.15) is 0 Å². The van der Waals surface area contributed by atoms with Crippen LogP contribution in [-0.4, -0.2) is 55.0 Å². The SMILES string of the molecule is CC(C)CCOC(=O)CC1C(=O)NCCN1C(=O)c1cc(Br)ccc1OCCC(C)C. The molecule has 1 heterocycles. The van der Waals surface area contributed by atoms with Crippen molar-refractivity contribution in [3.8, 4) is 5.75 Å². The van der Waals surface area contributed by atoms with Crippen LogP contribution in [0.4, 0.5) is 0 Å². The van der Waals surface area contributed by atoms with Gasteiger partial charge in [-0.1, -0.05) is 43.6 Å². The fourth-order valence-electron chi connectivity index (χ4n) is 3.14. The zero-order valence-corrected chi connectivity index (χ0v) is 20.4. The summed E-state index contributed by atoms with van der Waals surface area (Å²) in [5.74, 6) is 0.190. The quantitative estimate of drug-likeness (QED) is 0.498. The summed E-state index contributed by atoms with van der Waals surface area (Å²) in [6, 6.07) is 4.35. The number of piperazine rings is 1. The molecule has 172 valence electrons. The van der Waals surface area contributed by atoms with Crippen LogP contribution in [0.3, 0.4) is 0 Å². The van der Waals surface area contributed by atoms with E-state index in [0.29, 0.717) is 49.5 Å². The van der Waals surface area contributed by atoms with Crippen LogP contribution in [0, 0.1) is 11.8 Å². The van der Waals surface area contributed by atoms with E-state index in [0.717, 1.165) is 17.3 Å². The Labute approximate surface area is 193 Å². The van der Waals surface area contributed by atoms with E-state index in [-0.39, 0.29) is 18.2 Å². The minimum atomic E-state index is -0.907. The fraction of sp³-hybridized carbons (Fsp3) is 0.609. The molecule has 1 atom stereocenters.